The number of nitrogens with zero attached hydrogens (tertiary/aromatic N) is 1. The molecule has 0 atom stereocenters. The lowest BCUT2D eigenvalue weighted by molar-refractivity contribution is 0.238. The predicted octanol–water partition coefficient (Wildman–Crippen LogP) is 5.94. The van der Waals surface area contributed by atoms with Crippen molar-refractivity contribution in [3.8, 4) is 28.7 Å². The second kappa shape index (κ2) is 9.30. The van der Waals surface area contributed by atoms with Crippen molar-refractivity contribution in [2.75, 3.05) is 26.2 Å². The Bertz CT molecular complexity index is 960. The van der Waals surface area contributed by atoms with Crippen molar-refractivity contribution in [2.24, 2.45) is 0 Å². The van der Waals surface area contributed by atoms with Gasteiger partial charge in [-0.15, -0.1) is 11.3 Å². The fraction of sp³-hybridized carbons (Fsp3) is 0.250. The van der Waals surface area contributed by atoms with Gasteiger partial charge in [0, 0.05) is 17.1 Å². The lowest BCUT2D eigenvalue weighted by atomic mass is 10.1. The van der Waals surface area contributed by atoms with Gasteiger partial charge in [-0.05, 0) is 84.9 Å². The minimum atomic E-state index is 0.744. The number of rotatable bonds is 5. The van der Waals surface area contributed by atoms with Gasteiger partial charge in [-0.3, -0.25) is 4.90 Å². The molecule has 2 heterocycles. The summed E-state index contributed by atoms with van der Waals surface area (Å²) in [4.78, 5) is 3.51. The SMILES string of the molecule is Clc1ccc(-c2csc(C#Cc3ccc(OCCN4CCCC4)cc3)c2)cc1. The fourth-order valence-electron chi connectivity index (χ4n) is 3.26. The number of thiophene rings is 1. The smallest absolute Gasteiger partial charge is 0.119 e. The van der Waals surface area contributed by atoms with Crippen molar-refractivity contribution in [3.05, 3.63) is 75.4 Å². The van der Waals surface area contributed by atoms with E-state index in [0.29, 0.717) is 0 Å². The second-order valence-electron chi connectivity index (χ2n) is 6.88. The Morgan fingerprint density at radius 1 is 0.929 bits per heavy atom. The van der Waals surface area contributed by atoms with Crippen LogP contribution in [0.3, 0.4) is 0 Å². The van der Waals surface area contributed by atoms with Crippen LogP contribution in [0, 0.1) is 11.8 Å². The van der Waals surface area contributed by atoms with Gasteiger partial charge in [0.15, 0.2) is 0 Å². The molecule has 0 spiro atoms. The highest BCUT2D eigenvalue weighted by molar-refractivity contribution is 7.11. The van der Waals surface area contributed by atoms with Crippen molar-refractivity contribution in [1.29, 1.82) is 0 Å². The molecule has 4 rings (SSSR count). The van der Waals surface area contributed by atoms with Crippen LogP contribution in [0.1, 0.15) is 23.3 Å². The first-order valence-electron chi connectivity index (χ1n) is 9.58. The lowest BCUT2D eigenvalue weighted by Gasteiger charge is -2.14. The normalized spacial score (nSPS) is 13.9. The molecule has 0 N–H and O–H groups in total. The third kappa shape index (κ3) is 5.17. The van der Waals surface area contributed by atoms with Crippen LogP contribution in [0.5, 0.6) is 5.75 Å². The van der Waals surface area contributed by atoms with E-state index in [4.69, 9.17) is 16.3 Å². The number of likely N-dealkylation sites (tertiary alicyclic amines) is 1. The van der Waals surface area contributed by atoms with Crippen LogP contribution in [0.2, 0.25) is 5.02 Å². The molecule has 2 aromatic carbocycles. The van der Waals surface area contributed by atoms with Crippen molar-refractivity contribution >= 4 is 22.9 Å². The van der Waals surface area contributed by atoms with Crippen molar-refractivity contribution in [1.82, 2.24) is 4.90 Å². The van der Waals surface area contributed by atoms with Gasteiger partial charge in [0.25, 0.3) is 0 Å². The molecular weight excluding hydrogens is 386 g/mol. The summed E-state index contributed by atoms with van der Waals surface area (Å²) in [6, 6.07) is 18.1. The summed E-state index contributed by atoms with van der Waals surface area (Å²) in [5, 5.41) is 2.88. The first-order chi connectivity index (χ1) is 13.8. The quantitative estimate of drug-likeness (QED) is 0.485. The maximum atomic E-state index is 5.96. The van der Waals surface area contributed by atoms with E-state index < -0.39 is 0 Å². The number of ether oxygens (including phenoxy) is 1. The standard InChI is InChI=1S/C24H22ClNOS/c25-22-8-6-20(7-9-22)21-17-24(28-18-21)12-5-19-3-10-23(11-4-19)27-16-15-26-13-1-2-14-26/h3-4,6-11,17-18H,1-2,13-16H2. The van der Waals surface area contributed by atoms with E-state index in [9.17, 15) is 0 Å². The lowest BCUT2D eigenvalue weighted by Crippen LogP contribution is -2.25. The highest BCUT2D eigenvalue weighted by atomic mass is 35.5. The number of halogens is 1. The van der Waals surface area contributed by atoms with Gasteiger partial charge >= 0.3 is 0 Å². The molecular formula is C24H22ClNOS. The highest BCUT2D eigenvalue weighted by Crippen LogP contribution is 2.26. The Balaban J connectivity index is 1.33. The Morgan fingerprint density at radius 3 is 2.43 bits per heavy atom. The molecule has 1 aliphatic rings. The van der Waals surface area contributed by atoms with Gasteiger partial charge < -0.3 is 4.74 Å². The average Bonchev–Trinajstić information content (AvgIpc) is 3.40. The van der Waals surface area contributed by atoms with Crippen LogP contribution in [-0.4, -0.2) is 31.1 Å². The summed E-state index contributed by atoms with van der Waals surface area (Å²) in [6.07, 6.45) is 2.64. The van der Waals surface area contributed by atoms with Gasteiger partial charge in [0.1, 0.15) is 12.4 Å². The number of hydrogen-bond acceptors (Lipinski definition) is 3. The van der Waals surface area contributed by atoms with E-state index in [1.807, 2.05) is 48.5 Å². The summed E-state index contributed by atoms with van der Waals surface area (Å²) >= 11 is 7.62. The molecule has 1 fully saturated rings. The van der Waals surface area contributed by atoms with E-state index in [1.54, 1.807) is 11.3 Å². The third-order valence-electron chi connectivity index (χ3n) is 4.84. The summed E-state index contributed by atoms with van der Waals surface area (Å²) < 4.78 is 5.85. The molecule has 1 saturated heterocycles. The zero-order chi connectivity index (χ0) is 19.2. The van der Waals surface area contributed by atoms with Crippen LogP contribution in [-0.2, 0) is 0 Å². The zero-order valence-electron chi connectivity index (χ0n) is 15.7. The molecule has 0 aliphatic carbocycles. The van der Waals surface area contributed by atoms with E-state index >= 15 is 0 Å². The van der Waals surface area contributed by atoms with Gasteiger partial charge in [0.2, 0.25) is 0 Å². The molecule has 0 radical (unpaired) electrons. The van der Waals surface area contributed by atoms with Crippen LogP contribution in [0.4, 0.5) is 0 Å². The van der Waals surface area contributed by atoms with Crippen molar-refractivity contribution in [2.45, 2.75) is 12.8 Å². The zero-order valence-corrected chi connectivity index (χ0v) is 17.2. The first kappa shape index (κ1) is 19.1. The van der Waals surface area contributed by atoms with Crippen molar-refractivity contribution < 1.29 is 4.74 Å². The topological polar surface area (TPSA) is 12.5 Å². The predicted molar refractivity (Wildman–Crippen MR) is 118 cm³/mol. The maximum absolute atomic E-state index is 5.96. The summed E-state index contributed by atoms with van der Waals surface area (Å²) in [7, 11) is 0. The van der Waals surface area contributed by atoms with E-state index in [-0.39, 0.29) is 0 Å². The van der Waals surface area contributed by atoms with E-state index in [2.05, 4.69) is 28.2 Å². The van der Waals surface area contributed by atoms with Crippen LogP contribution >= 0.6 is 22.9 Å². The molecule has 0 bridgehead atoms. The Kier molecular flexibility index (Phi) is 6.34. The molecule has 0 amide bonds. The monoisotopic (exact) mass is 407 g/mol. The van der Waals surface area contributed by atoms with Crippen LogP contribution < -0.4 is 4.74 Å². The highest BCUT2D eigenvalue weighted by Gasteiger charge is 2.10. The van der Waals surface area contributed by atoms with Gasteiger partial charge in [-0.25, -0.2) is 0 Å². The summed E-state index contributed by atoms with van der Waals surface area (Å²) in [5.41, 5.74) is 3.32. The minimum absolute atomic E-state index is 0.744. The average molecular weight is 408 g/mol. The molecule has 1 aromatic heterocycles. The van der Waals surface area contributed by atoms with Gasteiger partial charge in [0.05, 0.1) is 4.88 Å². The minimum Gasteiger partial charge on any atom is -0.492 e. The third-order valence-corrected chi connectivity index (χ3v) is 5.93. The maximum Gasteiger partial charge on any atom is 0.119 e. The van der Waals surface area contributed by atoms with Gasteiger partial charge in [-0.1, -0.05) is 35.6 Å². The summed E-state index contributed by atoms with van der Waals surface area (Å²) in [5.74, 6) is 7.40. The molecule has 0 saturated carbocycles. The van der Waals surface area contributed by atoms with Crippen molar-refractivity contribution in [3.63, 3.8) is 0 Å². The molecule has 2 nitrogen and oxygen atoms in total. The molecule has 142 valence electrons. The molecule has 1 aliphatic heterocycles. The molecule has 4 heteroatoms. The summed E-state index contributed by atoms with van der Waals surface area (Å²) in [6.45, 7) is 4.17. The van der Waals surface area contributed by atoms with Gasteiger partial charge in [-0.2, -0.15) is 0 Å². The fourth-order valence-corrected chi connectivity index (χ4v) is 4.15. The van der Waals surface area contributed by atoms with E-state index in [1.165, 1.54) is 31.5 Å². The number of hydrogen-bond donors (Lipinski definition) is 0. The Morgan fingerprint density at radius 2 is 1.68 bits per heavy atom. The molecule has 0 unspecified atom stereocenters. The Hall–Kier alpha value is -2.25. The van der Waals surface area contributed by atoms with E-state index in [0.717, 1.165) is 39.9 Å². The molecule has 28 heavy (non-hydrogen) atoms. The Labute approximate surface area is 175 Å². The first-order valence-corrected chi connectivity index (χ1v) is 10.8. The van der Waals surface area contributed by atoms with Crippen LogP contribution in [0.25, 0.3) is 11.1 Å². The van der Waals surface area contributed by atoms with Crippen LogP contribution in [0.15, 0.2) is 60.0 Å². The number of benzene rings is 2. The largest absolute Gasteiger partial charge is 0.492 e. The molecule has 3 aromatic rings. The second-order valence-corrected chi connectivity index (χ2v) is 8.23.